The van der Waals surface area contributed by atoms with E-state index in [0.717, 1.165) is 6.42 Å². The molecule has 6 nitrogen and oxygen atoms in total. The van der Waals surface area contributed by atoms with Gasteiger partial charge in [-0.25, -0.2) is 13.1 Å². The average Bonchev–Trinajstić information content (AvgIpc) is 2.99. The van der Waals surface area contributed by atoms with Crippen molar-refractivity contribution >= 4 is 10.0 Å². The van der Waals surface area contributed by atoms with Gasteiger partial charge in [-0.05, 0) is 42.5 Å². The van der Waals surface area contributed by atoms with Crippen molar-refractivity contribution in [3.63, 3.8) is 0 Å². The molecular formula is C14H21NO5S. The fourth-order valence-corrected chi connectivity index (χ4v) is 3.67. The molecule has 0 saturated carbocycles. The smallest absolute Gasteiger partial charge is 0.240 e. The number of aliphatic hydroxyl groups is 1. The van der Waals surface area contributed by atoms with Gasteiger partial charge in [-0.3, -0.25) is 0 Å². The summed E-state index contributed by atoms with van der Waals surface area (Å²) in [5.74, 6) is 0.793. The predicted molar refractivity (Wildman–Crippen MR) is 77.9 cm³/mol. The van der Waals surface area contributed by atoms with Crippen LogP contribution in [0.15, 0.2) is 23.1 Å². The van der Waals surface area contributed by atoms with Crippen LogP contribution in [-0.4, -0.2) is 47.0 Å². The molecule has 0 aliphatic carbocycles. The molecule has 1 aliphatic heterocycles. The second-order valence-corrected chi connectivity index (χ2v) is 6.76. The van der Waals surface area contributed by atoms with E-state index in [1.807, 2.05) is 0 Å². The third-order valence-electron chi connectivity index (χ3n) is 3.52. The third kappa shape index (κ3) is 4.16. The van der Waals surface area contributed by atoms with Crippen molar-refractivity contribution in [2.45, 2.75) is 17.7 Å². The molecule has 2 rings (SSSR count). The van der Waals surface area contributed by atoms with Crippen molar-refractivity contribution in [1.29, 1.82) is 0 Å². The van der Waals surface area contributed by atoms with Crippen molar-refractivity contribution < 1.29 is 23.0 Å². The average molecular weight is 315 g/mol. The molecule has 1 heterocycles. The SMILES string of the molecule is COc1ccc(S(=O)(=O)NCC2CCOC2)c(CCO)c1. The number of sulfonamides is 1. The van der Waals surface area contributed by atoms with E-state index in [2.05, 4.69) is 4.72 Å². The van der Waals surface area contributed by atoms with Gasteiger partial charge in [0.1, 0.15) is 5.75 Å². The zero-order valence-corrected chi connectivity index (χ0v) is 12.9. The second-order valence-electron chi connectivity index (χ2n) is 5.03. The van der Waals surface area contributed by atoms with E-state index in [9.17, 15) is 8.42 Å². The van der Waals surface area contributed by atoms with E-state index < -0.39 is 10.0 Å². The summed E-state index contributed by atoms with van der Waals surface area (Å²) in [6, 6.07) is 4.76. The summed E-state index contributed by atoms with van der Waals surface area (Å²) in [6.07, 6.45) is 1.13. The van der Waals surface area contributed by atoms with Crippen LogP contribution < -0.4 is 9.46 Å². The number of hydrogen-bond donors (Lipinski definition) is 2. The summed E-state index contributed by atoms with van der Waals surface area (Å²) in [5.41, 5.74) is 0.548. The molecule has 1 aliphatic rings. The number of ether oxygens (including phenoxy) is 2. The Balaban J connectivity index is 2.17. The molecule has 0 spiro atoms. The van der Waals surface area contributed by atoms with E-state index in [1.165, 1.54) is 13.2 Å². The molecule has 0 bridgehead atoms. The first-order valence-electron chi connectivity index (χ1n) is 6.92. The van der Waals surface area contributed by atoms with Gasteiger partial charge in [0.25, 0.3) is 0 Å². The van der Waals surface area contributed by atoms with Crippen molar-refractivity contribution in [2.75, 3.05) is 33.5 Å². The van der Waals surface area contributed by atoms with Gasteiger partial charge in [0.05, 0.1) is 18.6 Å². The molecule has 0 radical (unpaired) electrons. The first-order chi connectivity index (χ1) is 10.1. The lowest BCUT2D eigenvalue weighted by atomic mass is 10.1. The Labute approximate surface area is 125 Å². The quantitative estimate of drug-likeness (QED) is 0.767. The van der Waals surface area contributed by atoms with Gasteiger partial charge in [-0.2, -0.15) is 0 Å². The largest absolute Gasteiger partial charge is 0.497 e. The van der Waals surface area contributed by atoms with Crippen LogP contribution >= 0.6 is 0 Å². The lowest BCUT2D eigenvalue weighted by Crippen LogP contribution is -2.30. The maximum Gasteiger partial charge on any atom is 0.240 e. The molecule has 118 valence electrons. The highest BCUT2D eigenvalue weighted by molar-refractivity contribution is 7.89. The fraction of sp³-hybridized carbons (Fsp3) is 0.571. The molecule has 7 heteroatoms. The normalized spacial score (nSPS) is 18.9. The molecule has 1 atom stereocenters. The Kier molecular flexibility index (Phi) is 5.58. The highest BCUT2D eigenvalue weighted by Gasteiger charge is 2.22. The summed E-state index contributed by atoms with van der Waals surface area (Å²) in [4.78, 5) is 0.191. The minimum atomic E-state index is -3.60. The maximum absolute atomic E-state index is 12.4. The third-order valence-corrected chi connectivity index (χ3v) is 5.05. The zero-order chi connectivity index (χ0) is 15.3. The number of aliphatic hydroxyl groups excluding tert-OH is 1. The van der Waals surface area contributed by atoms with Crippen LogP contribution in [0.4, 0.5) is 0 Å². The summed E-state index contributed by atoms with van der Waals surface area (Å²) in [5, 5.41) is 9.10. The summed E-state index contributed by atoms with van der Waals surface area (Å²) < 4.78 is 37.8. The molecule has 0 amide bonds. The Bertz CT molecular complexity index is 567. The number of hydrogen-bond acceptors (Lipinski definition) is 5. The Morgan fingerprint density at radius 2 is 2.29 bits per heavy atom. The topological polar surface area (TPSA) is 84.9 Å². The number of rotatable bonds is 7. The van der Waals surface area contributed by atoms with E-state index in [4.69, 9.17) is 14.6 Å². The number of nitrogens with one attached hydrogen (secondary N) is 1. The monoisotopic (exact) mass is 315 g/mol. The van der Waals surface area contributed by atoms with Crippen LogP contribution in [0, 0.1) is 5.92 Å². The molecule has 1 aromatic carbocycles. The Morgan fingerprint density at radius 3 is 2.90 bits per heavy atom. The summed E-state index contributed by atoms with van der Waals surface area (Å²) in [6.45, 7) is 1.53. The first kappa shape index (κ1) is 16.2. The molecular weight excluding hydrogens is 294 g/mol. The minimum absolute atomic E-state index is 0.119. The highest BCUT2D eigenvalue weighted by atomic mass is 32.2. The van der Waals surface area contributed by atoms with Gasteiger partial charge in [0.2, 0.25) is 10.0 Å². The van der Waals surface area contributed by atoms with Gasteiger partial charge in [0.15, 0.2) is 0 Å². The van der Waals surface area contributed by atoms with Gasteiger partial charge >= 0.3 is 0 Å². The van der Waals surface area contributed by atoms with E-state index in [1.54, 1.807) is 12.1 Å². The fourth-order valence-electron chi connectivity index (χ4n) is 2.31. The lowest BCUT2D eigenvalue weighted by molar-refractivity contribution is 0.186. The van der Waals surface area contributed by atoms with Crippen LogP contribution in [0.2, 0.25) is 0 Å². The molecule has 1 saturated heterocycles. The van der Waals surface area contributed by atoms with Gasteiger partial charge in [0, 0.05) is 19.8 Å². The summed E-state index contributed by atoms with van der Waals surface area (Å²) in [7, 11) is -2.08. The van der Waals surface area contributed by atoms with E-state index in [-0.39, 0.29) is 23.8 Å². The molecule has 1 aromatic rings. The van der Waals surface area contributed by atoms with Crippen molar-refractivity contribution in [1.82, 2.24) is 4.72 Å². The van der Waals surface area contributed by atoms with E-state index in [0.29, 0.717) is 31.1 Å². The number of methoxy groups -OCH3 is 1. The molecule has 21 heavy (non-hydrogen) atoms. The maximum atomic E-state index is 12.4. The van der Waals surface area contributed by atoms with Crippen LogP contribution in [-0.2, 0) is 21.2 Å². The van der Waals surface area contributed by atoms with Gasteiger partial charge < -0.3 is 14.6 Å². The van der Waals surface area contributed by atoms with Crippen LogP contribution in [0.1, 0.15) is 12.0 Å². The lowest BCUT2D eigenvalue weighted by Gasteiger charge is -2.14. The van der Waals surface area contributed by atoms with Crippen LogP contribution in [0.25, 0.3) is 0 Å². The van der Waals surface area contributed by atoms with Crippen molar-refractivity contribution in [2.24, 2.45) is 5.92 Å². The minimum Gasteiger partial charge on any atom is -0.497 e. The number of benzene rings is 1. The van der Waals surface area contributed by atoms with Gasteiger partial charge in [-0.1, -0.05) is 0 Å². The molecule has 0 aromatic heterocycles. The first-order valence-corrected chi connectivity index (χ1v) is 8.40. The Hall–Kier alpha value is -1.15. The van der Waals surface area contributed by atoms with Crippen LogP contribution in [0.3, 0.4) is 0 Å². The molecule has 2 N–H and O–H groups in total. The van der Waals surface area contributed by atoms with Crippen LogP contribution in [0.5, 0.6) is 5.75 Å². The van der Waals surface area contributed by atoms with Gasteiger partial charge in [-0.15, -0.1) is 0 Å². The summed E-state index contributed by atoms with van der Waals surface area (Å²) >= 11 is 0. The van der Waals surface area contributed by atoms with Crippen molar-refractivity contribution in [3.05, 3.63) is 23.8 Å². The molecule has 1 fully saturated rings. The standard InChI is InChI=1S/C14H21NO5S/c1-19-13-2-3-14(12(8-13)4-6-16)21(17,18)15-9-11-5-7-20-10-11/h2-3,8,11,15-16H,4-7,9-10H2,1H3. The van der Waals surface area contributed by atoms with E-state index >= 15 is 0 Å². The highest BCUT2D eigenvalue weighted by Crippen LogP contribution is 2.22. The zero-order valence-electron chi connectivity index (χ0n) is 12.0. The van der Waals surface area contributed by atoms with Crippen molar-refractivity contribution in [3.8, 4) is 5.75 Å². The predicted octanol–water partition coefficient (Wildman–Crippen LogP) is 0.545. The Morgan fingerprint density at radius 1 is 1.48 bits per heavy atom. The molecule has 1 unspecified atom stereocenters. The second kappa shape index (κ2) is 7.22.